The standard InChI is InChI=1S/C16H18F3N5/c1-9-11(13(20)24-14(21)23-9)6-7-15(2,3)12-5-4-10(8-22-12)16(17,18)19/h4-8H,1-3H3,(H4,20,21,23,24)/b7-6+. The van der Waals surface area contributed by atoms with E-state index in [2.05, 4.69) is 15.0 Å². The summed E-state index contributed by atoms with van der Waals surface area (Å²) in [5.74, 6) is 0.332. The summed E-state index contributed by atoms with van der Waals surface area (Å²) >= 11 is 0. The zero-order valence-corrected chi connectivity index (χ0v) is 13.5. The molecule has 8 heteroatoms. The molecule has 2 aromatic heterocycles. The van der Waals surface area contributed by atoms with Gasteiger partial charge in [-0.1, -0.05) is 26.0 Å². The van der Waals surface area contributed by atoms with Crippen molar-refractivity contribution in [2.24, 2.45) is 0 Å². The molecule has 0 saturated heterocycles. The molecule has 0 fully saturated rings. The van der Waals surface area contributed by atoms with E-state index < -0.39 is 17.2 Å². The van der Waals surface area contributed by atoms with E-state index >= 15 is 0 Å². The third-order valence-electron chi connectivity index (χ3n) is 3.60. The van der Waals surface area contributed by atoms with Crippen LogP contribution in [0.5, 0.6) is 0 Å². The second-order valence-electron chi connectivity index (χ2n) is 5.95. The molecule has 0 atom stereocenters. The first-order valence-electron chi connectivity index (χ1n) is 7.13. The first-order valence-corrected chi connectivity index (χ1v) is 7.13. The summed E-state index contributed by atoms with van der Waals surface area (Å²) in [5.41, 5.74) is 11.7. The van der Waals surface area contributed by atoms with Crippen molar-refractivity contribution < 1.29 is 13.2 Å². The number of aromatic nitrogens is 3. The molecule has 0 spiro atoms. The maximum Gasteiger partial charge on any atom is 0.417 e. The molecule has 0 unspecified atom stereocenters. The highest BCUT2D eigenvalue weighted by atomic mass is 19.4. The van der Waals surface area contributed by atoms with Crippen LogP contribution in [0.2, 0.25) is 0 Å². The van der Waals surface area contributed by atoms with E-state index in [1.54, 1.807) is 19.1 Å². The number of alkyl halides is 3. The van der Waals surface area contributed by atoms with Crippen LogP contribution in [-0.2, 0) is 11.6 Å². The lowest BCUT2D eigenvalue weighted by molar-refractivity contribution is -0.137. The summed E-state index contributed by atoms with van der Waals surface area (Å²) in [4.78, 5) is 11.9. The molecule has 0 aliphatic carbocycles. The Kier molecular flexibility index (Phi) is 4.50. The maximum absolute atomic E-state index is 12.6. The number of halogens is 3. The normalized spacial score (nSPS) is 12.8. The fourth-order valence-corrected chi connectivity index (χ4v) is 2.15. The molecule has 128 valence electrons. The number of nitrogen functional groups attached to an aromatic ring is 2. The second-order valence-corrected chi connectivity index (χ2v) is 5.95. The smallest absolute Gasteiger partial charge is 0.383 e. The first-order chi connectivity index (χ1) is 11.0. The molecule has 2 heterocycles. The quantitative estimate of drug-likeness (QED) is 0.896. The predicted molar refractivity (Wildman–Crippen MR) is 86.9 cm³/mol. The molecular weight excluding hydrogens is 319 g/mol. The highest BCUT2D eigenvalue weighted by Gasteiger charge is 2.31. The Labute approximate surface area is 137 Å². The van der Waals surface area contributed by atoms with Crippen LogP contribution in [0.1, 0.15) is 36.4 Å². The molecule has 0 aromatic carbocycles. The fourth-order valence-electron chi connectivity index (χ4n) is 2.15. The lowest BCUT2D eigenvalue weighted by Crippen LogP contribution is -2.17. The molecule has 0 radical (unpaired) electrons. The number of pyridine rings is 1. The Bertz CT molecular complexity index is 741. The van der Waals surface area contributed by atoms with Gasteiger partial charge in [0.05, 0.1) is 11.3 Å². The number of allylic oxidation sites excluding steroid dienone is 1. The van der Waals surface area contributed by atoms with Crippen molar-refractivity contribution in [1.29, 1.82) is 0 Å². The van der Waals surface area contributed by atoms with E-state index in [1.165, 1.54) is 6.07 Å². The molecule has 5 nitrogen and oxygen atoms in total. The van der Waals surface area contributed by atoms with Crippen LogP contribution < -0.4 is 11.5 Å². The van der Waals surface area contributed by atoms with E-state index in [0.29, 0.717) is 17.0 Å². The van der Waals surface area contributed by atoms with Gasteiger partial charge in [-0.3, -0.25) is 4.98 Å². The van der Waals surface area contributed by atoms with E-state index in [4.69, 9.17) is 11.5 Å². The average Bonchev–Trinajstić information content (AvgIpc) is 2.45. The third-order valence-corrected chi connectivity index (χ3v) is 3.60. The molecule has 0 bridgehead atoms. The van der Waals surface area contributed by atoms with Crippen molar-refractivity contribution in [3.63, 3.8) is 0 Å². The summed E-state index contributed by atoms with van der Waals surface area (Å²) in [5, 5.41) is 0. The van der Waals surface area contributed by atoms with Crippen molar-refractivity contribution in [2.45, 2.75) is 32.4 Å². The highest BCUT2D eigenvalue weighted by molar-refractivity contribution is 5.65. The SMILES string of the molecule is Cc1nc(N)nc(N)c1/C=C/C(C)(C)c1ccc(C(F)(F)F)cn1. The molecule has 24 heavy (non-hydrogen) atoms. The second kappa shape index (κ2) is 6.10. The molecule has 0 aliphatic rings. The van der Waals surface area contributed by atoms with Crippen molar-refractivity contribution in [3.05, 3.63) is 46.9 Å². The zero-order valence-electron chi connectivity index (χ0n) is 13.5. The molecule has 2 rings (SSSR count). The van der Waals surface area contributed by atoms with Crippen molar-refractivity contribution in [3.8, 4) is 0 Å². The van der Waals surface area contributed by atoms with E-state index in [0.717, 1.165) is 12.3 Å². The third kappa shape index (κ3) is 3.81. The van der Waals surface area contributed by atoms with Crippen LogP contribution in [0.15, 0.2) is 24.4 Å². The lowest BCUT2D eigenvalue weighted by Gasteiger charge is -2.20. The van der Waals surface area contributed by atoms with E-state index in [-0.39, 0.29) is 11.8 Å². The summed E-state index contributed by atoms with van der Waals surface area (Å²) in [6.07, 6.45) is -0.0560. The minimum absolute atomic E-state index is 0.0887. The summed E-state index contributed by atoms with van der Waals surface area (Å²) in [6, 6.07) is 2.38. The Balaban J connectivity index is 2.31. The van der Waals surface area contributed by atoms with Crippen LogP contribution in [0.3, 0.4) is 0 Å². The van der Waals surface area contributed by atoms with Gasteiger partial charge in [-0.25, -0.2) is 4.98 Å². The lowest BCUT2D eigenvalue weighted by atomic mass is 9.87. The molecule has 0 amide bonds. The number of nitrogens with two attached hydrogens (primary N) is 2. The van der Waals surface area contributed by atoms with Gasteiger partial charge in [0.25, 0.3) is 0 Å². The summed E-state index contributed by atoms with van der Waals surface area (Å²) in [7, 11) is 0. The Morgan fingerprint density at radius 1 is 1.08 bits per heavy atom. The van der Waals surface area contributed by atoms with Gasteiger partial charge < -0.3 is 11.5 Å². The Morgan fingerprint density at radius 3 is 2.25 bits per heavy atom. The highest BCUT2D eigenvalue weighted by Crippen LogP contribution is 2.31. The van der Waals surface area contributed by atoms with Crippen LogP contribution in [-0.4, -0.2) is 15.0 Å². The number of hydrogen-bond acceptors (Lipinski definition) is 5. The topological polar surface area (TPSA) is 90.7 Å². The van der Waals surface area contributed by atoms with Gasteiger partial charge in [-0.05, 0) is 19.1 Å². The van der Waals surface area contributed by atoms with Gasteiger partial charge in [0.2, 0.25) is 5.95 Å². The van der Waals surface area contributed by atoms with E-state index in [9.17, 15) is 13.2 Å². The number of nitrogens with zero attached hydrogens (tertiary/aromatic N) is 3. The largest absolute Gasteiger partial charge is 0.417 e. The van der Waals surface area contributed by atoms with Gasteiger partial charge in [0, 0.05) is 22.9 Å². The Hall–Kier alpha value is -2.64. The average molecular weight is 337 g/mol. The monoisotopic (exact) mass is 337 g/mol. The molecule has 0 saturated carbocycles. The number of anilines is 2. The van der Waals surface area contributed by atoms with Gasteiger partial charge in [0.1, 0.15) is 5.82 Å². The zero-order chi connectivity index (χ0) is 18.1. The van der Waals surface area contributed by atoms with Crippen molar-refractivity contribution in [1.82, 2.24) is 15.0 Å². The van der Waals surface area contributed by atoms with Crippen LogP contribution >= 0.6 is 0 Å². The van der Waals surface area contributed by atoms with Gasteiger partial charge in [-0.2, -0.15) is 18.2 Å². The molecule has 2 aromatic rings. The number of rotatable bonds is 3. The fraction of sp³-hybridized carbons (Fsp3) is 0.312. The van der Waals surface area contributed by atoms with E-state index in [1.807, 2.05) is 13.8 Å². The van der Waals surface area contributed by atoms with Crippen LogP contribution in [0.4, 0.5) is 24.9 Å². The molecule has 4 N–H and O–H groups in total. The summed E-state index contributed by atoms with van der Waals surface area (Å²) < 4.78 is 37.8. The number of hydrogen-bond donors (Lipinski definition) is 2. The predicted octanol–water partition coefficient (Wildman–Crippen LogP) is 3.35. The Morgan fingerprint density at radius 2 is 1.75 bits per heavy atom. The van der Waals surface area contributed by atoms with Crippen LogP contribution in [0.25, 0.3) is 6.08 Å². The van der Waals surface area contributed by atoms with Crippen LogP contribution in [0, 0.1) is 6.92 Å². The number of aryl methyl sites for hydroxylation is 1. The molecular formula is C16H18F3N5. The maximum atomic E-state index is 12.6. The van der Waals surface area contributed by atoms with Gasteiger partial charge in [-0.15, -0.1) is 0 Å². The van der Waals surface area contributed by atoms with Gasteiger partial charge >= 0.3 is 6.18 Å². The van der Waals surface area contributed by atoms with Gasteiger partial charge in [0.15, 0.2) is 0 Å². The minimum Gasteiger partial charge on any atom is -0.383 e. The summed E-state index contributed by atoms with van der Waals surface area (Å²) in [6.45, 7) is 5.42. The van der Waals surface area contributed by atoms with Crippen molar-refractivity contribution >= 4 is 17.8 Å². The van der Waals surface area contributed by atoms with Crippen molar-refractivity contribution in [2.75, 3.05) is 11.5 Å². The molecule has 0 aliphatic heterocycles. The first kappa shape index (κ1) is 17.7. The minimum atomic E-state index is -4.40.